The van der Waals surface area contributed by atoms with E-state index in [-0.39, 0.29) is 17.6 Å². The van der Waals surface area contributed by atoms with E-state index in [1.54, 1.807) is 30.7 Å². The maximum absolute atomic E-state index is 12.5. The number of hydrogen-bond acceptors (Lipinski definition) is 7. The number of amides is 1. The van der Waals surface area contributed by atoms with Gasteiger partial charge in [-0.15, -0.1) is 0 Å². The van der Waals surface area contributed by atoms with Gasteiger partial charge in [-0.05, 0) is 31.4 Å². The molecule has 8 nitrogen and oxygen atoms in total. The van der Waals surface area contributed by atoms with Crippen molar-refractivity contribution in [3.63, 3.8) is 0 Å². The van der Waals surface area contributed by atoms with Gasteiger partial charge in [0.15, 0.2) is 0 Å². The monoisotopic (exact) mass is 340 g/mol. The Balaban J connectivity index is 1.33. The van der Waals surface area contributed by atoms with Crippen LogP contribution in [0.3, 0.4) is 0 Å². The summed E-state index contributed by atoms with van der Waals surface area (Å²) in [6.07, 6.45) is 9.08. The highest BCUT2D eigenvalue weighted by Crippen LogP contribution is 2.36. The van der Waals surface area contributed by atoms with Gasteiger partial charge in [0.2, 0.25) is 5.95 Å². The second-order valence-corrected chi connectivity index (χ2v) is 6.54. The topological polar surface area (TPSA) is 93.1 Å². The number of carbonyl (C=O) groups excluding carboxylic acids is 1. The molecule has 2 aromatic rings. The highest BCUT2D eigenvalue weighted by atomic mass is 16.5. The van der Waals surface area contributed by atoms with Gasteiger partial charge in [0.25, 0.3) is 5.91 Å². The van der Waals surface area contributed by atoms with Crippen molar-refractivity contribution in [2.24, 2.45) is 0 Å². The molecule has 1 spiro atoms. The molecule has 4 rings (SSSR count). The van der Waals surface area contributed by atoms with E-state index in [2.05, 4.69) is 25.5 Å². The molecule has 1 amide bonds. The van der Waals surface area contributed by atoms with E-state index in [1.807, 2.05) is 4.90 Å². The molecule has 0 radical (unpaired) electrons. The van der Waals surface area contributed by atoms with Gasteiger partial charge in [-0.3, -0.25) is 4.79 Å². The largest absolute Gasteiger partial charge is 0.373 e. The van der Waals surface area contributed by atoms with Crippen LogP contribution in [-0.4, -0.2) is 62.3 Å². The third kappa shape index (κ3) is 3.43. The zero-order valence-corrected chi connectivity index (χ0v) is 13.8. The number of carbonyl (C=O) groups is 1. The van der Waals surface area contributed by atoms with Crippen LogP contribution in [0, 0.1) is 0 Å². The molecule has 8 heteroatoms. The summed E-state index contributed by atoms with van der Waals surface area (Å²) in [5.74, 6) is 0.640. The highest BCUT2D eigenvalue weighted by Gasteiger charge is 2.43. The Morgan fingerprint density at radius 2 is 2.00 bits per heavy atom. The lowest BCUT2D eigenvalue weighted by atomic mass is 9.87. The molecule has 2 aliphatic rings. The Hall–Kier alpha value is -2.61. The molecule has 2 aromatic heterocycles. The standard InChI is InChI=1S/C17H20N6O2/c24-15(13-2-7-20-21-11-13)23-8-3-17(4-9-23)10-14(12-25-17)22-16-18-5-1-6-19-16/h1-2,5-7,11,14H,3-4,8-10,12H2,(H,18,19,22)/t14-/m0/s1. The smallest absolute Gasteiger partial charge is 0.255 e. The lowest BCUT2D eigenvalue weighted by Crippen LogP contribution is -2.46. The molecule has 0 aromatic carbocycles. The fraction of sp³-hybridized carbons (Fsp3) is 0.471. The quantitative estimate of drug-likeness (QED) is 0.895. The average molecular weight is 340 g/mol. The maximum Gasteiger partial charge on any atom is 0.255 e. The van der Waals surface area contributed by atoms with Crippen LogP contribution in [0.1, 0.15) is 29.6 Å². The van der Waals surface area contributed by atoms with Gasteiger partial charge in [0, 0.05) is 25.5 Å². The molecule has 2 fully saturated rings. The van der Waals surface area contributed by atoms with Crippen LogP contribution in [0.4, 0.5) is 5.95 Å². The number of nitrogens with one attached hydrogen (secondary N) is 1. The number of aromatic nitrogens is 4. The summed E-state index contributed by atoms with van der Waals surface area (Å²) >= 11 is 0. The summed E-state index contributed by atoms with van der Waals surface area (Å²) in [5.41, 5.74) is 0.429. The number of piperidine rings is 1. The Bertz CT molecular complexity index is 718. The predicted octanol–water partition coefficient (Wildman–Crippen LogP) is 1.14. The minimum Gasteiger partial charge on any atom is -0.373 e. The number of nitrogens with zero attached hydrogens (tertiary/aromatic N) is 5. The minimum atomic E-state index is -0.153. The average Bonchev–Trinajstić information content (AvgIpc) is 3.05. The molecule has 130 valence electrons. The molecule has 2 saturated heterocycles. The summed E-state index contributed by atoms with van der Waals surface area (Å²) in [6, 6.07) is 3.70. The first-order valence-corrected chi connectivity index (χ1v) is 8.48. The van der Waals surface area contributed by atoms with Crippen molar-refractivity contribution in [1.29, 1.82) is 0 Å². The second-order valence-electron chi connectivity index (χ2n) is 6.54. The first-order chi connectivity index (χ1) is 12.2. The van der Waals surface area contributed by atoms with E-state index < -0.39 is 0 Å². The Labute approximate surface area is 145 Å². The Kier molecular flexibility index (Phi) is 4.27. The number of ether oxygens (including phenoxy) is 1. The highest BCUT2D eigenvalue weighted by molar-refractivity contribution is 5.93. The molecule has 0 bridgehead atoms. The number of rotatable bonds is 3. The maximum atomic E-state index is 12.5. The first-order valence-electron chi connectivity index (χ1n) is 8.48. The molecule has 25 heavy (non-hydrogen) atoms. The van der Waals surface area contributed by atoms with Crippen molar-refractivity contribution in [2.75, 3.05) is 25.0 Å². The van der Waals surface area contributed by atoms with Crippen molar-refractivity contribution >= 4 is 11.9 Å². The molecule has 2 aliphatic heterocycles. The Morgan fingerprint density at radius 1 is 1.20 bits per heavy atom. The number of hydrogen-bond donors (Lipinski definition) is 1. The minimum absolute atomic E-state index is 0.00936. The van der Waals surface area contributed by atoms with E-state index in [1.165, 1.54) is 6.20 Å². The second kappa shape index (κ2) is 6.72. The normalized spacial score (nSPS) is 22.1. The lowest BCUT2D eigenvalue weighted by Gasteiger charge is -2.38. The summed E-state index contributed by atoms with van der Waals surface area (Å²) in [6.45, 7) is 2.02. The zero-order chi connectivity index (χ0) is 17.1. The summed E-state index contributed by atoms with van der Waals surface area (Å²) in [4.78, 5) is 22.8. The van der Waals surface area contributed by atoms with Crippen molar-refractivity contribution in [2.45, 2.75) is 30.9 Å². The zero-order valence-electron chi connectivity index (χ0n) is 13.8. The fourth-order valence-electron chi connectivity index (χ4n) is 3.56. The molecular weight excluding hydrogens is 320 g/mol. The van der Waals surface area contributed by atoms with Crippen LogP contribution in [0.25, 0.3) is 0 Å². The number of likely N-dealkylation sites (tertiary alicyclic amines) is 1. The summed E-state index contributed by atoms with van der Waals surface area (Å²) < 4.78 is 6.12. The van der Waals surface area contributed by atoms with Crippen LogP contribution >= 0.6 is 0 Å². The van der Waals surface area contributed by atoms with Crippen molar-refractivity contribution in [3.8, 4) is 0 Å². The molecule has 0 aliphatic carbocycles. The third-order valence-corrected chi connectivity index (χ3v) is 4.90. The van der Waals surface area contributed by atoms with Crippen LogP contribution in [-0.2, 0) is 4.74 Å². The van der Waals surface area contributed by atoms with Crippen molar-refractivity contribution in [1.82, 2.24) is 25.1 Å². The lowest BCUT2D eigenvalue weighted by molar-refractivity contribution is -0.0388. The van der Waals surface area contributed by atoms with E-state index in [0.717, 1.165) is 19.3 Å². The fourth-order valence-corrected chi connectivity index (χ4v) is 3.56. The third-order valence-electron chi connectivity index (χ3n) is 4.90. The van der Waals surface area contributed by atoms with Crippen LogP contribution < -0.4 is 5.32 Å². The van der Waals surface area contributed by atoms with Crippen LogP contribution in [0.2, 0.25) is 0 Å². The van der Waals surface area contributed by atoms with Gasteiger partial charge in [0.05, 0.1) is 36.2 Å². The van der Waals surface area contributed by atoms with E-state index in [4.69, 9.17) is 4.74 Å². The van der Waals surface area contributed by atoms with E-state index >= 15 is 0 Å². The molecular formula is C17H20N6O2. The predicted molar refractivity (Wildman–Crippen MR) is 89.9 cm³/mol. The van der Waals surface area contributed by atoms with Crippen molar-refractivity contribution in [3.05, 3.63) is 42.5 Å². The molecule has 1 atom stereocenters. The summed E-state index contributed by atoms with van der Waals surface area (Å²) in [7, 11) is 0. The van der Waals surface area contributed by atoms with Gasteiger partial charge < -0.3 is 15.0 Å². The summed E-state index contributed by atoms with van der Waals surface area (Å²) in [5, 5.41) is 10.8. The van der Waals surface area contributed by atoms with Crippen molar-refractivity contribution < 1.29 is 9.53 Å². The van der Waals surface area contributed by atoms with Crippen LogP contribution in [0.5, 0.6) is 0 Å². The SMILES string of the molecule is O=C(c1ccnnc1)N1CCC2(CC1)C[C@H](Nc1ncccn1)CO2. The Morgan fingerprint density at radius 3 is 2.72 bits per heavy atom. The van der Waals surface area contributed by atoms with Crippen LogP contribution in [0.15, 0.2) is 36.9 Å². The van der Waals surface area contributed by atoms with E-state index in [9.17, 15) is 4.79 Å². The number of anilines is 1. The van der Waals surface area contributed by atoms with Gasteiger partial charge in [-0.1, -0.05) is 0 Å². The molecule has 0 unspecified atom stereocenters. The van der Waals surface area contributed by atoms with Gasteiger partial charge in [-0.2, -0.15) is 10.2 Å². The molecule has 1 N–H and O–H groups in total. The first kappa shape index (κ1) is 15.9. The molecule has 4 heterocycles. The van der Waals surface area contributed by atoms with Gasteiger partial charge in [-0.25, -0.2) is 9.97 Å². The van der Waals surface area contributed by atoms with Gasteiger partial charge >= 0.3 is 0 Å². The van der Waals surface area contributed by atoms with Gasteiger partial charge in [0.1, 0.15) is 0 Å². The van der Waals surface area contributed by atoms with E-state index in [0.29, 0.717) is 31.2 Å². The molecule has 0 saturated carbocycles.